The lowest BCUT2D eigenvalue weighted by Gasteiger charge is -2.40. The van der Waals surface area contributed by atoms with E-state index in [4.69, 9.17) is 4.74 Å². The Morgan fingerprint density at radius 1 is 1.12 bits per heavy atom. The first-order valence-corrected chi connectivity index (χ1v) is 7.12. The Morgan fingerprint density at radius 2 is 1.88 bits per heavy atom. The number of nitrogens with one attached hydrogen (secondary N) is 1. The molecule has 0 amide bonds. The predicted molar refractivity (Wildman–Crippen MR) is 67.7 cm³/mol. The summed E-state index contributed by atoms with van der Waals surface area (Å²) in [6, 6.07) is 1.49. The van der Waals surface area contributed by atoms with Gasteiger partial charge in [-0.1, -0.05) is 26.2 Å². The second-order valence-electron chi connectivity index (χ2n) is 5.84. The molecule has 0 aromatic rings. The van der Waals surface area contributed by atoms with Crippen molar-refractivity contribution >= 4 is 0 Å². The summed E-state index contributed by atoms with van der Waals surface area (Å²) in [5.74, 6) is 0. The normalized spacial score (nSPS) is 37.5. The summed E-state index contributed by atoms with van der Waals surface area (Å²) >= 11 is 0. The topological polar surface area (TPSA) is 21.3 Å². The molecular weight excluding hydrogens is 198 g/mol. The largest absolute Gasteiger partial charge is 0.375 e. The first-order valence-electron chi connectivity index (χ1n) is 7.12. The van der Waals surface area contributed by atoms with Crippen LogP contribution in [-0.2, 0) is 4.74 Å². The molecule has 16 heavy (non-hydrogen) atoms. The van der Waals surface area contributed by atoms with Crippen LogP contribution in [0.3, 0.4) is 0 Å². The summed E-state index contributed by atoms with van der Waals surface area (Å²) in [6.07, 6.45) is 10.6. The fourth-order valence-electron chi connectivity index (χ4n) is 3.12. The second kappa shape index (κ2) is 5.50. The molecule has 2 fully saturated rings. The van der Waals surface area contributed by atoms with Gasteiger partial charge in [-0.25, -0.2) is 0 Å². The highest BCUT2D eigenvalue weighted by molar-refractivity contribution is 4.87. The summed E-state index contributed by atoms with van der Waals surface area (Å²) in [5.41, 5.74) is 0.130. The first kappa shape index (κ1) is 12.4. The molecule has 1 saturated heterocycles. The van der Waals surface area contributed by atoms with Gasteiger partial charge in [-0.3, -0.25) is 0 Å². The van der Waals surface area contributed by atoms with Gasteiger partial charge in [0.2, 0.25) is 0 Å². The second-order valence-corrected chi connectivity index (χ2v) is 5.84. The minimum atomic E-state index is 0.130. The summed E-state index contributed by atoms with van der Waals surface area (Å²) in [5, 5.41) is 3.87. The van der Waals surface area contributed by atoms with E-state index in [0.29, 0.717) is 6.04 Å². The Labute approximate surface area is 100 Å². The third-order valence-electron chi connectivity index (χ3n) is 4.42. The highest BCUT2D eigenvalue weighted by Gasteiger charge is 2.32. The van der Waals surface area contributed by atoms with Crippen molar-refractivity contribution in [2.24, 2.45) is 0 Å². The molecule has 1 saturated carbocycles. The van der Waals surface area contributed by atoms with E-state index in [1.54, 1.807) is 0 Å². The molecule has 0 radical (unpaired) electrons. The molecule has 0 spiro atoms. The van der Waals surface area contributed by atoms with Gasteiger partial charge in [-0.05, 0) is 39.0 Å². The van der Waals surface area contributed by atoms with Crippen LogP contribution in [0.15, 0.2) is 0 Å². The Kier molecular flexibility index (Phi) is 4.26. The zero-order valence-corrected chi connectivity index (χ0v) is 10.9. The molecule has 2 heteroatoms. The average Bonchev–Trinajstić information content (AvgIpc) is 2.30. The molecule has 1 aliphatic carbocycles. The van der Waals surface area contributed by atoms with Crippen molar-refractivity contribution < 1.29 is 4.74 Å². The summed E-state index contributed by atoms with van der Waals surface area (Å²) in [4.78, 5) is 0. The lowest BCUT2D eigenvalue weighted by Crippen LogP contribution is -2.48. The lowest BCUT2D eigenvalue weighted by molar-refractivity contribution is -0.0794. The van der Waals surface area contributed by atoms with Crippen LogP contribution in [0.2, 0.25) is 0 Å². The number of hydrogen-bond donors (Lipinski definition) is 1. The molecule has 0 bridgehead atoms. The average molecular weight is 225 g/mol. The monoisotopic (exact) mass is 225 g/mol. The van der Waals surface area contributed by atoms with Gasteiger partial charge < -0.3 is 10.1 Å². The quantitative estimate of drug-likeness (QED) is 0.796. The van der Waals surface area contributed by atoms with Crippen LogP contribution in [0.1, 0.15) is 65.2 Å². The van der Waals surface area contributed by atoms with Crippen molar-refractivity contribution in [3.05, 3.63) is 0 Å². The third-order valence-corrected chi connectivity index (χ3v) is 4.42. The van der Waals surface area contributed by atoms with Gasteiger partial charge in [-0.2, -0.15) is 0 Å². The molecule has 94 valence electrons. The molecule has 2 rings (SSSR count). The van der Waals surface area contributed by atoms with Crippen LogP contribution in [0, 0.1) is 0 Å². The first-order chi connectivity index (χ1) is 7.72. The molecule has 1 N–H and O–H groups in total. The van der Waals surface area contributed by atoms with Crippen LogP contribution in [0.4, 0.5) is 0 Å². The predicted octanol–water partition coefficient (Wildman–Crippen LogP) is 3.26. The number of ether oxygens (including phenoxy) is 1. The van der Waals surface area contributed by atoms with Crippen molar-refractivity contribution in [1.82, 2.24) is 5.32 Å². The van der Waals surface area contributed by atoms with Crippen LogP contribution >= 0.6 is 0 Å². The molecule has 0 aromatic heterocycles. The van der Waals surface area contributed by atoms with Crippen LogP contribution in [0.5, 0.6) is 0 Å². The maximum absolute atomic E-state index is 5.89. The Bertz CT molecular complexity index is 213. The van der Waals surface area contributed by atoms with E-state index in [9.17, 15) is 0 Å². The van der Waals surface area contributed by atoms with Gasteiger partial charge >= 0.3 is 0 Å². The molecule has 1 heterocycles. The van der Waals surface area contributed by atoms with Crippen molar-refractivity contribution in [3.8, 4) is 0 Å². The van der Waals surface area contributed by atoms with E-state index in [1.165, 1.54) is 44.9 Å². The lowest BCUT2D eigenvalue weighted by atomic mass is 9.88. The third kappa shape index (κ3) is 3.21. The maximum atomic E-state index is 5.89. The maximum Gasteiger partial charge on any atom is 0.0666 e. The molecular formula is C14H27NO. The summed E-state index contributed by atoms with van der Waals surface area (Å²) in [6.45, 7) is 5.44. The van der Waals surface area contributed by atoms with Gasteiger partial charge in [0.1, 0.15) is 0 Å². The smallest absolute Gasteiger partial charge is 0.0666 e. The minimum absolute atomic E-state index is 0.130. The highest BCUT2D eigenvalue weighted by atomic mass is 16.5. The molecule has 1 aliphatic heterocycles. The van der Waals surface area contributed by atoms with E-state index in [1.807, 2.05) is 0 Å². The van der Waals surface area contributed by atoms with E-state index in [2.05, 4.69) is 19.2 Å². The Hall–Kier alpha value is -0.0800. The van der Waals surface area contributed by atoms with E-state index in [0.717, 1.165) is 19.1 Å². The van der Waals surface area contributed by atoms with Crippen LogP contribution in [0.25, 0.3) is 0 Å². The van der Waals surface area contributed by atoms with Gasteiger partial charge in [0, 0.05) is 18.7 Å². The SMILES string of the molecule is CCC1(C)CC(NC2CCCCC2)CCO1. The van der Waals surface area contributed by atoms with Gasteiger partial charge in [0.05, 0.1) is 5.60 Å². The minimum Gasteiger partial charge on any atom is -0.375 e. The molecule has 2 unspecified atom stereocenters. The number of hydrogen-bond acceptors (Lipinski definition) is 2. The zero-order chi connectivity index (χ0) is 11.4. The molecule has 2 nitrogen and oxygen atoms in total. The van der Waals surface area contributed by atoms with E-state index >= 15 is 0 Å². The zero-order valence-electron chi connectivity index (χ0n) is 10.9. The fraction of sp³-hybridized carbons (Fsp3) is 1.00. The molecule has 0 aromatic carbocycles. The Morgan fingerprint density at radius 3 is 2.56 bits per heavy atom. The standard InChI is InChI=1S/C14H27NO/c1-3-14(2)11-13(9-10-16-14)15-12-7-5-4-6-8-12/h12-13,15H,3-11H2,1-2H3. The number of rotatable bonds is 3. The summed E-state index contributed by atoms with van der Waals surface area (Å²) in [7, 11) is 0. The van der Waals surface area contributed by atoms with Crippen molar-refractivity contribution in [3.63, 3.8) is 0 Å². The summed E-state index contributed by atoms with van der Waals surface area (Å²) < 4.78 is 5.89. The molecule has 2 atom stereocenters. The van der Waals surface area contributed by atoms with Gasteiger partial charge in [0.15, 0.2) is 0 Å². The van der Waals surface area contributed by atoms with Gasteiger partial charge in [-0.15, -0.1) is 0 Å². The van der Waals surface area contributed by atoms with Crippen LogP contribution in [-0.4, -0.2) is 24.3 Å². The Balaban J connectivity index is 1.80. The highest BCUT2D eigenvalue weighted by Crippen LogP contribution is 2.29. The van der Waals surface area contributed by atoms with Crippen molar-refractivity contribution in [2.45, 2.75) is 82.9 Å². The fourth-order valence-corrected chi connectivity index (χ4v) is 3.12. The van der Waals surface area contributed by atoms with E-state index in [-0.39, 0.29) is 5.60 Å². The van der Waals surface area contributed by atoms with Crippen molar-refractivity contribution in [2.75, 3.05) is 6.61 Å². The van der Waals surface area contributed by atoms with Gasteiger partial charge in [0.25, 0.3) is 0 Å². The van der Waals surface area contributed by atoms with E-state index < -0.39 is 0 Å². The van der Waals surface area contributed by atoms with Crippen LogP contribution < -0.4 is 5.32 Å². The van der Waals surface area contributed by atoms with Crippen molar-refractivity contribution in [1.29, 1.82) is 0 Å². The molecule has 2 aliphatic rings.